The summed E-state index contributed by atoms with van der Waals surface area (Å²) < 4.78 is 5.50. The molecule has 0 aromatic carbocycles. The second-order valence-electron chi connectivity index (χ2n) is 6.11. The SMILES string of the molecule is CC(C)C(NC(=O)c1ccc(CN2CCC(=O)CC2)o1)C(=O)O. The fourth-order valence-corrected chi connectivity index (χ4v) is 2.49. The first-order valence-corrected chi connectivity index (χ1v) is 7.73. The van der Waals surface area contributed by atoms with Gasteiger partial charge in [-0.25, -0.2) is 4.79 Å². The zero-order chi connectivity index (χ0) is 17.0. The number of furan rings is 1. The van der Waals surface area contributed by atoms with Gasteiger partial charge in [0.05, 0.1) is 6.54 Å². The summed E-state index contributed by atoms with van der Waals surface area (Å²) in [4.78, 5) is 36.5. The largest absolute Gasteiger partial charge is 0.480 e. The summed E-state index contributed by atoms with van der Waals surface area (Å²) >= 11 is 0. The van der Waals surface area contributed by atoms with Crippen LogP contribution in [0.4, 0.5) is 0 Å². The third-order valence-electron chi connectivity index (χ3n) is 3.90. The van der Waals surface area contributed by atoms with E-state index < -0.39 is 17.9 Å². The summed E-state index contributed by atoms with van der Waals surface area (Å²) in [6.45, 7) is 5.37. The van der Waals surface area contributed by atoms with Crippen LogP contribution in [0, 0.1) is 5.92 Å². The van der Waals surface area contributed by atoms with Crippen LogP contribution >= 0.6 is 0 Å². The second kappa shape index (κ2) is 7.41. The number of hydrogen-bond donors (Lipinski definition) is 2. The number of rotatable bonds is 6. The van der Waals surface area contributed by atoms with Gasteiger partial charge in [-0.15, -0.1) is 0 Å². The van der Waals surface area contributed by atoms with Gasteiger partial charge in [0, 0.05) is 25.9 Å². The van der Waals surface area contributed by atoms with Gasteiger partial charge in [0.2, 0.25) is 0 Å². The van der Waals surface area contributed by atoms with Crippen molar-refractivity contribution in [1.82, 2.24) is 10.2 Å². The van der Waals surface area contributed by atoms with Crippen LogP contribution in [-0.2, 0) is 16.1 Å². The molecule has 1 unspecified atom stereocenters. The van der Waals surface area contributed by atoms with E-state index in [0.717, 1.165) is 0 Å². The molecule has 1 fully saturated rings. The molecule has 1 aliphatic heterocycles. The van der Waals surface area contributed by atoms with E-state index in [9.17, 15) is 14.4 Å². The monoisotopic (exact) mass is 322 g/mol. The Hall–Kier alpha value is -2.15. The van der Waals surface area contributed by atoms with E-state index in [-0.39, 0.29) is 17.5 Å². The predicted molar refractivity (Wildman–Crippen MR) is 82.0 cm³/mol. The summed E-state index contributed by atoms with van der Waals surface area (Å²) in [5.74, 6) is -0.837. The molecule has 7 nitrogen and oxygen atoms in total. The van der Waals surface area contributed by atoms with Crippen LogP contribution < -0.4 is 5.32 Å². The Balaban J connectivity index is 1.94. The Morgan fingerprint density at radius 3 is 2.52 bits per heavy atom. The summed E-state index contributed by atoms with van der Waals surface area (Å²) in [7, 11) is 0. The second-order valence-corrected chi connectivity index (χ2v) is 6.11. The molecule has 0 spiro atoms. The van der Waals surface area contributed by atoms with Crippen molar-refractivity contribution in [1.29, 1.82) is 0 Å². The number of Topliss-reactive ketones (excluding diaryl/α,β-unsaturated/α-hetero) is 1. The lowest BCUT2D eigenvalue weighted by Crippen LogP contribution is -2.44. The minimum atomic E-state index is -1.07. The summed E-state index contributed by atoms with van der Waals surface area (Å²) in [5.41, 5.74) is 0. The van der Waals surface area contributed by atoms with Crippen LogP contribution in [0.15, 0.2) is 16.5 Å². The van der Waals surface area contributed by atoms with Gasteiger partial charge in [-0.2, -0.15) is 0 Å². The Bertz CT molecular complexity index is 583. The minimum Gasteiger partial charge on any atom is -0.480 e. The molecule has 2 rings (SSSR count). The number of amides is 1. The average Bonchev–Trinajstić information content (AvgIpc) is 2.95. The van der Waals surface area contributed by atoms with E-state index in [4.69, 9.17) is 9.52 Å². The number of hydrogen-bond acceptors (Lipinski definition) is 5. The van der Waals surface area contributed by atoms with E-state index >= 15 is 0 Å². The zero-order valence-corrected chi connectivity index (χ0v) is 13.4. The number of carboxylic acid groups (broad SMARTS) is 1. The van der Waals surface area contributed by atoms with Crippen molar-refractivity contribution >= 4 is 17.7 Å². The van der Waals surface area contributed by atoms with Crippen molar-refractivity contribution in [2.75, 3.05) is 13.1 Å². The van der Waals surface area contributed by atoms with E-state index in [1.807, 2.05) is 0 Å². The maximum Gasteiger partial charge on any atom is 0.326 e. The molecule has 23 heavy (non-hydrogen) atoms. The molecule has 1 aromatic heterocycles. The summed E-state index contributed by atoms with van der Waals surface area (Å²) in [6, 6.07) is 2.29. The Morgan fingerprint density at radius 1 is 1.30 bits per heavy atom. The highest BCUT2D eigenvalue weighted by Crippen LogP contribution is 2.14. The topological polar surface area (TPSA) is 99.9 Å². The lowest BCUT2D eigenvalue weighted by atomic mass is 10.0. The third kappa shape index (κ3) is 4.66. The van der Waals surface area contributed by atoms with Crippen molar-refractivity contribution in [2.45, 2.75) is 39.3 Å². The number of aliphatic carboxylic acids is 1. The van der Waals surface area contributed by atoms with Crippen LogP contribution in [0.5, 0.6) is 0 Å². The first-order chi connectivity index (χ1) is 10.9. The number of nitrogens with zero attached hydrogens (tertiary/aromatic N) is 1. The average molecular weight is 322 g/mol. The number of piperidine rings is 1. The molecule has 2 N–H and O–H groups in total. The van der Waals surface area contributed by atoms with Crippen LogP contribution in [0.25, 0.3) is 0 Å². The highest BCUT2D eigenvalue weighted by molar-refractivity contribution is 5.94. The molecule has 1 saturated heterocycles. The summed E-state index contributed by atoms with van der Waals surface area (Å²) in [6.07, 6.45) is 1.09. The quantitative estimate of drug-likeness (QED) is 0.818. The van der Waals surface area contributed by atoms with Crippen LogP contribution in [0.2, 0.25) is 0 Å². The van der Waals surface area contributed by atoms with Crippen molar-refractivity contribution in [3.63, 3.8) is 0 Å². The summed E-state index contributed by atoms with van der Waals surface area (Å²) in [5, 5.41) is 11.6. The van der Waals surface area contributed by atoms with Crippen molar-refractivity contribution in [3.8, 4) is 0 Å². The van der Waals surface area contributed by atoms with Gasteiger partial charge in [-0.05, 0) is 18.1 Å². The van der Waals surface area contributed by atoms with Gasteiger partial charge in [0.15, 0.2) is 5.76 Å². The number of carbonyl (C=O) groups is 3. The molecule has 1 amide bonds. The molecule has 0 bridgehead atoms. The zero-order valence-electron chi connectivity index (χ0n) is 13.4. The molecule has 7 heteroatoms. The first-order valence-electron chi connectivity index (χ1n) is 7.73. The standard InChI is InChI=1S/C16H22N2O5/c1-10(2)14(16(21)22)17-15(20)13-4-3-12(23-13)9-18-7-5-11(19)6-8-18/h3-4,10,14H,5-9H2,1-2H3,(H,17,20)(H,21,22). The van der Waals surface area contributed by atoms with E-state index in [1.165, 1.54) is 0 Å². The Morgan fingerprint density at radius 2 is 1.96 bits per heavy atom. The van der Waals surface area contributed by atoms with E-state index in [2.05, 4.69) is 10.2 Å². The highest BCUT2D eigenvalue weighted by atomic mass is 16.4. The number of nitrogens with one attached hydrogen (secondary N) is 1. The molecule has 0 radical (unpaired) electrons. The lowest BCUT2D eigenvalue weighted by molar-refractivity contribution is -0.140. The van der Waals surface area contributed by atoms with Crippen molar-refractivity contribution in [3.05, 3.63) is 23.7 Å². The fraction of sp³-hybridized carbons (Fsp3) is 0.562. The molecule has 0 aliphatic carbocycles. The Kier molecular flexibility index (Phi) is 5.54. The van der Waals surface area contributed by atoms with Gasteiger partial charge in [0.25, 0.3) is 5.91 Å². The molecule has 1 aliphatic rings. The normalized spacial score (nSPS) is 17.3. The lowest BCUT2D eigenvalue weighted by Gasteiger charge is -2.24. The first kappa shape index (κ1) is 17.2. The molecule has 2 heterocycles. The molecular formula is C16H22N2O5. The molecule has 0 saturated carbocycles. The number of ketones is 1. The van der Waals surface area contributed by atoms with Gasteiger partial charge < -0.3 is 14.8 Å². The minimum absolute atomic E-state index is 0.0972. The maximum atomic E-state index is 12.1. The Labute approximate surface area is 134 Å². The molecule has 1 atom stereocenters. The van der Waals surface area contributed by atoms with Gasteiger partial charge in [0.1, 0.15) is 17.6 Å². The molecular weight excluding hydrogens is 300 g/mol. The van der Waals surface area contributed by atoms with Gasteiger partial charge in [-0.1, -0.05) is 13.8 Å². The molecule has 126 valence electrons. The van der Waals surface area contributed by atoms with Crippen molar-refractivity contribution in [2.24, 2.45) is 5.92 Å². The number of carboxylic acids is 1. The maximum absolute atomic E-state index is 12.1. The third-order valence-corrected chi connectivity index (χ3v) is 3.90. The van der Waals surface area contributed by atoms with E-state index in [0.29, 0.717) is 38.2 Å². The van der Waals surface area contributed by atoms with E-state index in [1.54, 1.807) is 26.0 Å². The smallest absolute Gasteiger partial charge is 0.326 e. The van der Waals surface area contributed by atoms with Crippen LogP contribution in [0.3, 0.4) is 0 Å². The highest BCUT2D eigenvalue weighted by Gasteiger charge is 2.25. The van der Waals surface area contributed by atoms with Gasteiger partial charge >= 0.3 is 5.97 Å². The predicted octanol–water partition coefficient (Wildman–Crippen LogP) is 1.28. The van der Waals surface area contributed by atoms with Gasteiger partial charge in [-0.3, -0.25) is 14.5 Å². The van der Waals surface area contributed by atoms with Crippen LogP contribution in [-0.4, -0.2) is 46.8 Å². The fourth-order valence-electron chi connectivity index (χ4n) is 2.49. The van der Waals surface area contributed by atoms with Crippen molar-refractivity contribution < 1.29 is 23.9 Å². The number of carbonyl (C=O) groups excluding carboxylic acids is 2. The van der Waals surface area contributed by atoms with Crippen LogP contribution in [0.1, 0.15) is 43.0 Å². The number of likely N-dealkylation sites (tertiary alicyclic amines) is 1. The molecule has 1 aromatic rings.